The lowest BCUT2D eigenvalue weighted by atomic mass is 10.2. The van der Waals surface area contributed by atoms with Crippen LogP contribution < -0.4 is 0 Å². The van der Waals surface area contributed by atoms with Crippen LogP contribution in [0.3, 0.4) is 0 Å². The third kappa shape index (κ3) is 3.60. The minimum Gasteiger partial charge on any atom is -0.348 e. The van der Waals surface area contributed by atoms with Crippen molar-refractivity contribution in [1.29, 1.82) is 0 Å². The predicted molar refractivity (Wildman–Crippen MR) is 88.4 cm³/mol. The predicted octanol–water partition coefficient (Wildman–Crippen LogP) is 4.03. The molecule has 2 aromatic heterocycles. The van der Waals surface area contributed by atoms with Crippen molar-refractivity contribution >= 4 is 17.8 Å². The molecule has 0 amide bonds. The van der Waals surface area contributed by atoms with E-state index in [0.29, 0.717) is 0 Å². The number of imidazole rings is 1. The standard InChI is InChI=1S/C14H15N3.C2H6.CH2O/c1-9-4-5-11-12(6-9)16-14(15-11)13-7-10(2)8-17(13)3;2*1-2/h4-8H,1-3H3,(H,15,16);1-2H3;1H2. The van der Waals surface area contributed by atoms with Crippen LogP contribution in [0.15, 0.2) is 30.5 Å². The third-order valence-corrected chi connectivity index (χ3v) is 3.02. The molecule has 0 unspecified atom stereocenters. The molecule has 1 N–H and O–H groups in total. The van der Waals surface area contributed by atoms with Crippen molar-refractivity contribution in [1.82, 2.24) is 14.5 Å². The van der Waals surface area contributed by atoms with Gasteiger partial charge >= 0.3 is 0 Å². The van der Waals surface area contributed by atoms with Crippen LogP contribution in [0.25, 0.3) is 22.6 Å². The van der Waals surface area contributed by atoms with Crippen LogP contribution >= 0.6 is 0 Å². The molecule has 0 bridgehead atoms. The van der Waals surface area contributed by atoms with E-state index in [1.807, 2.05) is 27.7 Å². The molecule has 0 spiro atoms. The van der Waals surface area contributed by atoms with Gasteiger partial charge in [0.05, 0.1) is 16.7 Å². The zero-order valence-electron chi connectivity index (χ0n) is 13.4. The zero-order valence-corrected chi connectivity index (χ0v) is 13.4. The number of aryl methyl sites for hydroxylation is 3. The summed E-state index contributed by atoms with van der Waals surface area (Å²) < 4.78 is 2.10. The van der Waals surface area contributed by atoms with Gasteiger partial charge in [0.15, 0.2) is 5.82 Å². The normalized spacial score (nSPS) is 9.57. The molecule has 0 aliphatic rings. The van der Waals surface area contributed by atoms with Crippen LogP contribution in [0.1, 0.15) is 25.0 Å². The number of aromatic amines is 1. The SMILES string of the molecule is C=O.CC.Cc1ccc2nc(-c3cc(C)cn3C)[nH]c2c1. The molecule has 21 heavy (non-hydrogen) atoms. The molecule has 0 atom stereocenters. The number of nitrogens with zero attached hydrogens (tertiary/aromatic N) is 2. The summed E-state index contributed by atoms with van der Waals surface area (Å²) in [6.07, 6.45) is 2.10. The first-order valence-corrected chi connectivity index (χ1v) is 7.02. The molecule has 3 aromatic rings. The second-order valence-electron chi connectivity index (χ2n) is 4.62. The van der Waals surface area contributed by atoms with Crippen molar-refractivity contribution in [2.24, 2.45) is 7.05 Å². The fraction of sp³-hybridized carbons (Fsp3) is 0.294. The van der Waals surface area contributed by atoms with E-state index in [0.717, 1.165) is 22.6 Å². The zero-order chi connectivity index (χ0) is 16.0. The van der Waals surface area contributed by atoms with E-state index in [1.165, 1.54) is 11.1 Å². The molecular formula is C17H23N3O. The topological polar surface area (TPSA) is 50.7 Å². The fourth-order valence-electron chi connectivity index (χ4n) is 2.21. The lowest BCUT2D eigenvalue weighted by molar-refractivity contribution is -0.0979. The van der Waals surface area contributed by atoms with E-state index in [1.54, 1.807) is 0 Å². The summed E-state index contributed by atoms with van der Waals surface area (Å²) in [5.74, 6) is 0.932. The summed E-state index contributed by atoms with van der Waals surface area (Å²) in [6.45, 7) is 10.2. The average Bonchev–Trinajstić information content (AvgIpc) is 3.05. The second-order valence-corrected chi connectivity index (χ2v) is 4.62. The van der Waals surface area contributed by atoms with Gasteiger partial charge in [-0.05, 0) is 43.2 Å². The van der Waals surface area contributed by atoms with Crippen molar-refractivity contribution in [3.05, 3.63) is 41.6 Å². The van der Waals surface area contributed by atoms with Gasteiger partial charge in [0.2, 0.25) is 0 Å². The Labute approximate surface area is 125 Å². The number of H-pyrrole nitrogens is 1. The highest BCUT2D eigenvalue weighted by Gasteiger charge is 2.08. The van der Waals surface area contributed by atoms with Crippen LogP contribution in [0.5, 0.6) is 0 Å². The maximum atomic E-state index is 8.00. The Morgan fingerprint density at radius 2 is 1.76 bits per heavy atom. The van der Waals surface area contributed by atoms with E-state index < -0.39 is 0 Å². The first kappa shape index (κ1) is 16.7. The highest BCUT2D eigenvalue weighted by atomic mass is 16.1. The van der Waals surface area contributed by atoms with Gasteiger partial charge in [-0.25, -0.2) is 4.98 Å². The number of carbonyl (C=O) groups is 1. The van der Waals surface area contributed by atoms with Crippen LogP contribution in [-0.2, 0) is 11.8 Å². The Morgan fingerprint density at radius 1 is 1.10 bits per heavy atom. The van der Waals surface area contributed by atoms with Gasteiger partial charge in [-0.2, -0.15) is 0 Å². The number of aromatic nitrogens is 3. The van der Waals surface area contributed by atoms with Crippen LogP contribution in [-0.4, -0.2) is 21.3 Å². The Morgan fingerprint density at radius 3 is 2.33 bits per heavy atom. The number of benzene rings is 1. The van der Waals surface area contributed by atoms with Gasteiger partial charge in [0.25, 0.3) is 0 Å². The second kappa shape index (κ2) is 7.43. The molecule has 0 aliphatic carbocycles. The summed E-state index contributed by atoms with van der Waals surface area (Å²) in [4.78, 5) is 16.0. The molecule has 3 rings (SSSR count). The highest BCUT2D eigenvalue weighted by molar-refractivity contribution is 5.79. The quantitative estimate of drug-likeness (QED) is 0.734. The van der Waals surface area contributed by atoms with Crippen LogP contribution in [0.4, 0.5) is 0 Å². The van der Waals surface area contributed by atoms with Gasteiger partial charge in [-0.15, -0.1) is 0 Å². The maximum absolute atomic E-state index is 8.00. The summed E-state index contributed by atoms with van der Waals surface area (Å²) in [5.41, 5.74) is 5.73. The Hall–Kier alpha value is -2.36. The number of hydrogen-bond donors (Lipinski definition) is 1. The molecule has 4 nitrogen and oxygen atoms in total. The molecule has 0 saturated heterocycles. The van der Waals surface area contributed by atoms with Gasteiger partial charge in [-0.3, -0.25) is 0 Å². The summed E-state index contributed by atoms with van der Waals surface area (Å²) in [6, 6.07) is 8.41. The third-order valence-electron chi connectivity index (χ3n) is 3.02. The van der Waals surface area contributed by atoms with Crippen LogP contribution in [0, 0.1) is 13.8 Å². The number of hydrogen-bond acceptors (Lipinski definition) is 2. The van der Waals surface area contributed by atoms with E-state index in [4.69, 9.17) is 4.79 Å². The molecule has 0 aliphatic heterocycles. The molecule has 0 saturated carbocycles. The average molecular weight is 285 g/mol. The van der Waals surface area contributed by atoms with Gasteiger partial charge in [0, 0.05) is 13.2 Å². The molecule has 112 valence electrons. The van der Waals surface area contributed by atoms with Crippen molar-refractivity contribution in [2.45, 2.75) is 27.7 Å². The first-order chi connectivity index (χ1) is 10.1. The Bertz CT molecular complexity index is 710. The molecule has 4 heteroatoms. The number of fused-ring (bicyclic) bond motifs is 1. The number of rotatable bonds is 1. The van der Waals surface area contributed by atoms with E-state index in [9.17, 15) is 0 Å². The van der Waals surface area contributed by atoms with Crippen molar-refractivity contribution in [2.75, 3.05) is 0 Å². The van der Waals surface area contributed by atoms with Crippen molar-refractivity contribution in [3.8, 4) is 11.5 Å². The largest absolute Gasteiger partial charge is 0.348 e. The van der Waals surface area contributed by atoms with Crippen molar-refractivity contribution < 1.29 is 4.79 Å². The monoisotopic (exact) mass is 285 g/mol. The molecule has 1 aromatic carbocycles. The summed E-state index contributed by atoms with van der Waals surface area (Å²) in [5, 5.41) is 0. The smallest absolute Gasteiger partial charge is 0.155 e. The molecule has 0 radical (unpaired) electrons. The lowest BCUT2D eigenvalue weighted by Gasteiger charge is -1.97. The van der Waals surface area contributed by atoms with Gasteiger partial charge in [-0.1, -0.05) is 19.9 Å². The van der Waals surface area contributed by atoms with E-state index in [-0.39, 0.29) is 0 Å². The summed E-state index contributed by atoms with van der Waals surface area (Å²) >= 11 is 0. The molecular weight excluding hydrogens is 262 g/mol. The van der Waals surface area contributed by atoms with Crippen molar-refractivity contribution in [3.63, 3.8) is 0 Å². The van der Waals surface area contributed by atoms with Crippen LogP contribution in [0.2, 0.25) is 0 Å². The fourth-order valence-corrected chi connectivity index (χ4v) is 2.21. The van der Waals surface area contributed by atoms with Gasteiger partial charge < -0.3 is 14.3 Å². The first-order valence-electron chi connectivity index (χ1n) is 7.02. The molecule has 2 heterocycles. The number of nitrogens with one attached hydrogen (secondary N) is 1. The lowest BCUT2D eigenvalue weighted by Crippen LogP contribution is -1.90. The Kier molecular flexibility index (Phi) is 5.91. The minimum atomic E-state index is 0.932. The minimum absolute atomic E-state index is 0.932. The Balaban J connectivity index is 0.000000510. The van der Waals surface area contributed by atoms with E-state index >= 15 is 0 Å². The van der Waals surface area contributed by atoms with Gasteiger partial charge in [0.1, 0.15) is 6.79 Å². The highest BCUT2D eigenvalue weighted by Crippen LogP contribution is 2.22. The molecule has 0 fully saturated rings. The number of carbonyl (C=O) groups excluding carboxylic acids is 1. The summed E-state index contributed by atoms with van der Waals surface area (Å²) in [7, 11) is 2.04. The maximum Gasteiger partial charge on any atom is 0.155 e. The van der Waals surface area contributed by atoms with E-state index in [2.05, 4.69) is 58.8 Å².